The summed E-state index contributed by atoms with van der Waals surface area (Å²) in [5.74, 6) is 0.805. The molecule has 1 aliphatic heterocycles. The molecule has 1 aromatic heterocycles. The van der Waals surface area contributed by atoms with Gasteiger partial charge in [-0.2, -0.15) is 0 Å². The van der Waals surface area contributed by atoms with Gasteiger partial charge in [-0.05, 0) is 44.0 Å². The smallest absolute Gasteiger partial charge is 0.223 e. The number of hydrogen-bond donors (Lipinski definition) is 0. The van der Waals surface area contributed by atoms with Crippen LogP contribution in [0.2, 0.25) is 0 Å². The zero-order chi connectivity index (χ0) is 13.4. The van der Waals surface area contributed by atoms with Crippen molar-refractivity contribution in [2.45, 2.75) is 27.2 Å². The summed E-state index contributed by atoms with van der Waals surface area (Å²) in [6.07, 6.45) is 3.28. The molecule has 0 bridgehead atoms. The van der Waals surface area contributed by atoms with E-state index in [9.17, 15) is 0 Å². The molecule has 0 radical (unpaired) electrons. The second-order valence-electron chi connectivity index (χ2n) is 5.32. The van der Waals surface area contributed by atoms with Gasteiger partial charge in [0.15, 0.2) is 5.58 Å². The zero-order valence-electron chi connectivity index (χ0n) is 11.9. The zero-order valence-corrected chi connectivity index (χ0v) is 11.9. The van der Waals surface area contributed by atoms with E-state index >= 15 is 0 Å². The van der Waals surface area contributed by atoms with Crippen molar-refractivity contribution in [3.8, 4) is 0 Å². The fourth-order valence-corrected chi connectivity index (χ4v) is 2.71. The molecule has 1 aromatic carbocycles. The third-order valence-corrected chi connectivity index (χ3v) is 3.84. The largest absolute Gasteiger partial charge is 0.436 e. The van der Waals surface area contributed by atoms with Crippen LogP contribution in [0.25, 0.3) is 16.7 Å². The average Bonchev–Trinajstić information content (AvgIpc) is 2.83. The molecule has 19 heavy (non-hydrogen) atoms. The second kappa shape index (κ2) is 4.82. The molecule has 0 amide bonds. The molecule has 0 aliphatic carbocycles. The Kier molecular flexibility index (Phi) is 3.15. The molecule has 3 rings (SSSR count). The number of hydrogen-bond acceptors (Lipinski definition) is 3. The van der Waals surface area contributed by atoms with E-state index in [0.717, 1.165) is 43.0 Å². The maximum absolute atomic E-state index is 5.96. The van der Waals surface area contributed by atoms with Gasteiger partial charge in [0.25, 0.3) is 0 Å². The summed E-state index contributed by atoms with van der Waals surface area (Å²) in [7, 11) is 0. The molecule has 3 heteroatoms. The van der Waals surface area contributed by atoms with Gasteiger partial charge < -0.3 is 4.42 Å². The van der Waals surface area contributed by atoms with Gasteiger partial charge in [-0.15, -0.1) is 0 Å². The van der Waals surface area contributed by atoms with E-state index in [0.29, 0.717) is 0 Å². The summed E-state index contributed by atoms with van der Waals surface area (Å²) in [5.41, 5.74) is 5.56. The van der Waals surface area contributed by atoms with E-state index < -0.39 is 0 Å². The third-order valence-electron chi connectivity index (χ3n) is 3.84. The molecule has 100 valence electrons. The molecular formula is C16H20N2O. The average molecular weight is 256 g/mol. The number of benzene rings is 1. The van der Waals surface area contributed by atoms with Crippen molar-refractivity contribution < 1.29 is 4.42 Å². The number of rotatable bonds is 2. The van der Waals surface area contributed by atoms with Gasteiger partial charge in [-0.3, -0.25) is 4.90 Å². The highest BCUT2D eigenvalue weighted by molar-refractivity contribution is 5.79. The standard InChI is InChI=1S/C16H20N2O/c1-4-18-7-5-13(6-8-18)16-17-14-10-11(2)9-12(3)15(14)19-16/h5,9-10H,4,6-8H2,1-3H3. The maximum Gasteiger partial charge on any atom is 0.223 e. The predicted octanol–water partition coefficient (Wildman–Crippen LogP) is 3.55. The van der Waals surface area contributed by atoms with Crippen molar-refractivity contribution in [2.75, 3.05) is 19.6 Å². The number of nitrogens with zero attached hydrogens (tertiary/aromatic N) is 2. The lowest BCUT2D eigenvalue weighted by atomic mass is 10.1. The number of aromatic nitrogens is 1. The second-order valence-corrected chi connectivity index (χ2v) is 5.32. The van der Waals surface area contributed by atoms with Crippen molar-refractivity contribution in [3.63, 3.8) is 0 Å². The Bertz CT molecular complexity index is 639. The lowest BCUT2D eigenvalue weighted by Gasteiger charge is -2.23. The fourth-order valence-electron chi connectivity index (χ4n) is 2.71. The molecule has 2 aromatic rings. The lowest BCUT2D eigenvalue weighted by molar-refractivity contribution is 0.317. The summed E-state index contributed by atoms with van der Waals surface area (Å²) in [6, 6.07) is 4.24. The normalized spacial score (nSPS) is 16.9. The first kappa shape index (κ1) is 12.4. The van der Waals surface area contributed by atoms with Crippen LogP contribution in [0.3, 0.4) is 0 Å². The molecule has 3 nitrogen and oxygen atoms in total. The first-order valence-corrected chi connectivity index (χ1v) is 6.97. The number of aryl methyl sites for hydroxylation is 2. The van der Waals surface area contributed by atoms with Crippen molar-refractivity contribution in [2.24, 2.45) is 0 Å². The van der Waals surface area contributed by atoms with Gasteiger partial charge >= 0.3 is 0 Å². The van der Waals surface area contributed by atoms with Gasteiger partial charge in [0.05, 0.1) is 0 Å². The number of fused-ring (bicyclic) bond motifs is 1. The van der Waals surface area contributed by atoms with Crippen LogP contribution >= 0.6 is 0 Å². The minimum Gasteiger partial charge on any atom is -0.436 e. The minimum atomic E-state index is 0.805. The Morgan fingerprint density at radius 3 is 2.84 bits per heavy atom. The molecule has 0 fully saturated rings. The molecule has 1 aliphatic rings. The Morgan fingerprint density at radius 1 is 1.32 bits per heavy atom. The van der Waals surface area contributed by atoms with Crippen LogP contribution < -0.4 is 0 Å². The van der Waals surface area contributed by atoms with Crippen LogP contribution in [0, 0.1) is 13.8 Å². The first-order valence-electron chi connectivity index (χ1n) is 6.97. The predicted molar refractivity (Wildman–Crippen MR) is 78.2 cm³/mol. The van der Waals surface area contributed by atoms with Crippen molar-refractivity contribution in [1.29, 1.82) is 0 Å². The molecule has 0 saturated carbocycles. The highest BCUT2D eigenvalue weighted by Gasteiger charge is 2.17. The van der Waals surface area contributed by atoms with Gasteiger partial charge in [0.2, 0.25) is 5.89 Å². The Balaban J connectivity index is 1.98. The van der Waals surface area contributed by atoms with Crippen molar-refractivity contribution in [3.05, 3.63) is 35.2 Å². The number of likely N-dealkylation sites (N-methyl/N-ethyl adjacent to an activating group) is 1. The quantitative estimate of drug-likeness (QED) is 0.822. The van der Waals surface area contributed by atoms with E-state index in [-0.39, 0.29) is 0 Å². The van der Waals surface area contributed by atoms with Gasteiger partial charge in [0.1, 0.15) is 5.52 Å². The van der Waals surface area contributed by atoms with Gasteiger partial charge in [-0.25, -0.2) is 4.98 Å². The fraction of sp³-hybridized carbons (Fsp3) is 0.438. The first-order chi connectivity index (χ1) is 9.17. The van der Waals surface area contributed by atoms with Crippen LogP contribution in [0.1, 0.15) is 30.4 Å². The summed E-state index contributed by atoms with van der Waals surface area (Å²) in [5, 5.41) is 0. The van der Waals surface area contributed by atoms with Crippen LogP contribution in [0.15, 0.2) is 22.6 Å². The van der Waals surface area contributed by atoms with E-state index in [2.05, 4.69) is 48.9 Å². The van der Waals surface area contributed by atoms with Crippen LogP contribution in [-0.4, -0.2) is 29.5 Å². The van der Waals surface area contributed by atoms with Crippen LogP contribution in [-0.2, 0) is 0 Å². The Labute approximate surface area is 113 Å². The third kappa shape index (κ3) is 2.30. The van der Waals surface area contributed by atoms with Crippen LogP contribution in [0.4, 0.5) is 0 Å². The van der Waals surface area contributed by atoms with Gasteiger partial charge in [-0.1, -0.05) is 19.1 Å². The monoisotopic (exact) mass is 256 g/mol. The van der Waals surface area contributed by atoms with Crippen molar-refractivity contribution in [1.82, 2.24) is 9.88 Å². The highest BCUT2D eigenvalue weighted by atomic mass is 16.3. The Hall–Kier alpha value is -1.61. The van der Waals surface area contributed by atoms with E-state index in [1.54, 1.807) is 0 Å². The lowest BCUT2D eigenvalue weighted by Crippen LogP contribution is -2.28. The summed E-state index contributed by atoms with van der Waals surface area (Å²) < 4.78 is 5.96. The van der Waals surface area contributed by atoms with Crippen LogP contribution in [0.5, 0.6) is 0 Å². The summed E-state index contributed by atoms with van der Waals surface area (Å²) in [6.45, 7) is 9.58. The summed E-state index contributed by atoms with van der Waals surface area (Å²) in [4.78, 5) is 7.07. The maximum atomic E-state index is 5.96. The topological polar surface area (TPSA) is 29.3 Å². The van der Waals surface area contributed by atoms with Gasteiger partial charge in [0, 0.05) is 18.7 Å². The van der Waals surface area contributed by atoms with Crippen molar-refractivity contribution >= 4 is 16.7 Å². The molecular weight excluding hydrogens is 236 g/mol. The highest BCUT2D eigenvalue weighted by Crippen LogP contribution is 2.27. The van der Waals surface area contributed by atoms with E-state index in [4.69, 9.17) is 4.42 Å². The SMILES string of the molecule is CCN1CC=C(c2nc3cc(C)cc(C)c3o2)CC1. The molecule has 0 atom stereocenters. The molecule has 0 N–H and O–H groups in total. The molecule has 0 saturated heterocycles. The number of oxazole rings is 1. The van der Waals surface area contributed by atoms with E-state index in [1.807, 2.05) is 0 Å². The van der Waals surface area contributed by atoms with E-state index in [1.165, 1.54) is 16.7 Å². The molecule has 0 unspecified atom stereocenters. The molecule has 0 spiro atoms. The Morgan fingerprint density at radius 2 is 2.16 bits per heavy atom. The molecule has 2 heterocycles. The summed E-state index contributed by atoms with van der Waals surface area (Å²) >= 11 is 0. The minimum absolute atomic E-state index is 0.805.